The number of piperazine rings is 1. The third-order valence-electron chi connectivity index (χ3n) is 8.08. The molecule has 0 atom stereocenters. The second kappa shape index (κ2) is 11.2. The predicted octanol–water partition coefficient (Wildman–Crippen LogP) is 5.18. The Hall–Kier alpha value is -2.04. The molecule has 0 saturated carbocycles. The van der Waals surface area contributed by atoms with Gasteiger partial charge in [-0.3, -0.25) is 4.90 Å². The van der Waals surface area contributed by atoms with E-state index in [1.165, 1.54) is 9.58 Å². The second-order valence-electron chi connectivity index (χ2n) is 12.1. The number of benzene rings is 1. The molecule has 0 spiro atoms. The van der Waals surface area contributed by atoms with Crippen molar-refractivity contribution in [1.82, 2.24) is 19.8 Å². The molecule has 0 amide bonds. The third kappa shape index (κ3) is 6.23. The van der Waals surface area contributed by atoms with Crippen molar-refractivity contribution in [3.05, 3.63) is 35.2 Å². The molecule has 5 rings (SSSR count). The van der Waals surface area contributed by atoms with Crippen LogP contribution < -0.4 is 9.33 Å². The van der Waals surface area contributed by atoms with Gasteiger partial charge in [0, 0.05) is 61.3 Å². The summed E-state index contributed by atoms with van der Waals surface area (Å²) in [5, 5.41) is 0.0682. The quantitative estimate of drug-likeness (QED) is 0.375. The zero-order chi connectivity index (χ0) is 26.9. The van der Waals surface area contributed by atoms with E-state index in [-0.39, 0.29) is 10.5 Å². The van der Waals surface area contributed by atoms with Crippen LogP contribution in [0.1, 0.15) is 39.5 Å². The Morgan fingerprint density at radius 2 is 1.71 bits per heavy atom. The summed E-state index contributed by atoms with van der Waals surface area (Å²) in [5.41, 5.74) is 2.18. The molecule has 2 aliphatic rings. The Balaban J connectivity index is 1.45. The molecule has 38 heavy (non-hydrogen) atoms. The minimum absolute atomic E-state index is 0.0682. The van der Waals surface area contributed by atoms with E-state index in [9.17, 15) is 0 Å². The van der Waals surface area contributed by atoms with E-state index in [1.54, 1.807) is 0 Å². The van der Waals surface area contributed by atoms with Crippen molar-refractivity contribution < 1.29 is 9.16 Å². The standard InChI is InChI=1S/C29H41N5O2SSi/c1-28(2,3)29(4,5)38-36-22-9-7-8-21(18-22)26-30-24-19-23(20-33-12-10-32(6)11-13-33)37-25(24)27(31-26)34-14-16-35-17-15-34/h7-9,18-19H,10-17,20H2,1-6H3. The van der Waals surface area contributed by atoms with E-state index in [4.69, 9.17) is 19.1 Å². The number of aromatic nitrogens is 2. The molecule has 0 bridgehead atoms. The number of likely N-dealkylation sites (N-methyl/N-ethyl adjacent to an activating group) is 1. The summed E-state index contributed by atoms with van der Waals surface area (Å²) in [6, 6.07) is 10.5. The van der Waals surface area contributed by atoms with Crippen molar-refractivity contribution in [3.63, 3.8) is 0 Å². The van der Waals surface area contributed by atoms with Gasteiger partial charge in [-0.15, -0.1) is 11.3 Å². The summed E-state index contributed by atoms with van der Waals surface area (Å²) in [6.45, 7) is 20.0. The number of hydrogen-bond acceptors (Lipinski definition) is 8. The van der Waals surface area contributed by atoms with Crippen LogP contribution >= 0.6 is 11.3 Å². The van der Waals surface area contributed by atoms with Gasteiger partial charge in [-0.25, -0.2) is 9.97 Å². The van der Waals surface area contributed by atoms with Crippen molar-refractivity contribution in [2.45, 2.75) is 46.2 Å². The molecule has 2 radical (unpaired) electrons. The zero-order valence-corrected chi connectivity index (χ0v) is 25.5. The number of hydrogen-bond donors (Lipinski definition) is 0. The Labute approximate surface area is 234 Å². The highest BCUT2D eigenvalue weighted by Gasteiger charge is 2.35. The van der Waals surface area contributed by atoms with Gasteiger partial charge in [0.05, 0.1) is 23.4 Å². The Morgan fingerprint density at radius 1 is 0.974 bits per heavy atom. The van der Waals surface area contributed by atoms with Gasteiger partial charge < -0.3 is 19.0 Å². The average molecular weight is 552 g/mol. The van der Waals surface area contributed by atoms with Gasteiger partial charge in [0.1, 0.15) is 5.75 Å². The predicted molar refractivity (Wildman–Crippen MR) is 159 cm³/mol. The fourth-order valence-electron chi connectivity index (χ4n) is 4.43. The summed E-state index contributed by atoms with van der Waals surface area (Å²) in [5.74, 6) is 2.66. The molecule has 2 aromatic heterocycles. The van der Waals surface area contributed by atoms with Crippen LogP contribution in [0.5, 0.6) is 5.75 Å². The van der Waals surface area contributed by atoms with E-state index in [0.717, 1.165) is 87.5 Å². The van der Waals surface area contributed by atoms with E-state index in [1.807, 2.05) is 23.5 Å². The second-order valence-corrected chi connectivity index (χ2v) is 14.9. The van der Waals surface area contributed by atoms with Gasteiger partial charge in [-0.05, 0) is 30.7 Å². The monoisotopic (exact) mass is 551 g/mol. The minimum Gasteiger partial charge on any atom is -0.540 e. The van der Waals surface area contributed by atoms with E-state index < -0.39 is 0 Å². The molecule has 0 aliphatic carbocycles. The zero-order valence-electron chi connectivity index (χ0n) is 23.7. The Kier molecular flexibility index (Phi) is 8.12. The molecular weight excluding hydrogens is 511 g/mol. The van der Waals surface area contributed by atoms with Gasteiger partial charge in [0.25, 0.3) is 0 Å². The summed E-state index contributed by atoms with van der Waals surface area (Å²) in [7, 11) is 2.56. The number of anilines is 1. The summed E-state index contributed by atoms with van der Waals surface area (Å²) >= 11 is 1.85. The third-order valence-corrected chi connectivity index (χ3v) is 10.8. The molecule has 2 fully saturated rings. The number of ether oxygens (including phenoxy) is 1. The van der Waals surface area contributed by atoms with Crippen LogP contribution in [0, 0.1) is 5.41 Å². The molecule has 9 heteroatoms. The largest absolute Gasteiger partial charge is 0.540 e. The number of thiophene rings is 1. The van der Waals surface area contributed by atoms with Crippen molar-refractivity contribution in [2.75, 3.05) is 64.4 Å². The minimum atomic E-state index is 0.0682. The maximum atomic E-state index is 6.33. The van der Waals surface area contributed by atoms with Gasteiger partial charge in [-0.2, -0.15) is 0 Å². The number of morpholine rings is 1. The number of nitrogens with zero attached hydrogens (tertiary/aromatic N) is 5. The highest BCUT2D eigenvalue weighted by Crippen LogP contribution is 2.44. The van der Waals surface area contributed by atoms with Crippen molar-refractivity contribution >= 4 is 37.1 Å². The molecule has 2 saturated heterocycles. The average Bonchev–Trinajstić information content (AvgIpc) is 3.31. The Bertz CT molecular complexity index is 1240. The lowest BCUT2D eigenvalue weighted by atomic mass is 9.82. The SMILES string of the molecule is CN1CCN(Cc2cc3nc(-c4cccc(O[Si]C(C)(C)C(C)(C)C)c4)nc(N4CCOCC4)c3s2)CC1. The molecule has 4 heterocycles. The van der Waals surface area contributed by atoms with Crippen LogP contribution in [-0.2, 0) is 11.3 Å². The van der Waals surface area contributed by atoms with Gasteiger partial charge >= 0.3 is 9.76 Å². The van der Waals surface area contributed by atoms with Crippen LogP contribution in [0.15, 0.2) is 30.3 Å². The van der Waals surface area contributed by atoms with Crippen LogP contribution in [0.25, 0.3) is 21.6 Å². The van der Waals surface area contributed by atoms with Crippen molar-refractivity contribution in [3.8, 4) is 17.1 Å². The van der Waals surface area contributed by atoms with Crippen molar-refractivity contribution in [1.29, 1.82) is 0 Å². The van der Waals surface area contributed by atoms with Gasteiger partial charge in [0.15, 0.2) is 11.6 Å². The van der Waals surface area contributed by atoms with Gasteiger partial charge in [-0.1, -0.05) is 46.8 Å². The highest BCUT2D eigenvalue weighted by atomic mass is 32.1. The molecule has 204 valence electrons. The normalized spacial score (nSPS) is 18.3. The first kappa shape index (κ1) is 27.5. The molecule has 0 unspecified atom stereocenters. The smallest absolute Gasteiger partial charge is 0.317 e. The molecular formula is C29H41N5O2SSi. The topological polar surface area (TPSA) is 54.0 Å². The first-order valence-electron chi connectivity index (χ1n) is 13.7. The van der Waals surface area contributed by atoms with E-state index >= 15 is 0 Å². The Morgan fingerprint density at radius 3 is 2.42 bits per heavy atom. The maximum Gasteiger partial charge on any atom is 0.317 e. The highest BCUT2D eigenvalue weighted by molar-refractivity contribution is 7.19. The maximum absolute atomic E-state index is 6.33. The molecule has 7 nitrogen and oxygen atoms in total. The van der Waals surface area contributed by atoms with Crippen LogP contribution in [0.2, 0.25) is 5.04 Å². The van der Waals surface area contributed by atoms with Crippen molar-refractivity contribution in [2.24, 2.45) is 5.41 Å². The molecule has 1 aromatic carbocycles. The summed E-state index contributed by atoms with van der Waals surface area (Å²) < 4.78 is 13.2. The van der Waals surface area contributed by atoms with Crippen LogP contribution in [0.4, 0.5) is 5.82 Å². The fourth-order valence-corrected chi connectivity index (χ4v) is 6.39. The number of rotatable bonds is 7. The van der Waals surface area contributed by atoms with E-state index in [0.29, 0.717) is 9.76 Å². The summed E-state index contributed by atoms with van der Waals surface area (Å²) in [4.78, 5) is 18.9. The lowest BCUT2D eigenvalue weighted by Crippen LogP contribution is -2.43. The first-order chi connectivity index (χ1) is 18.1. The van der Waals surface area contributed by atoms with Crippen LogP contribution in [0.3, 0.4) is 0 Å². The molecule has 0 N–H and O–H groups in total. The summed E-state index contributed by atoms with van der Waals surface area (Å²) in [6.07, 6.45) is 0. The number of fused-ring (bicyclic) bond motifs is 1. The first-order valence-corrected chi connectivity index (χ1v) is 15.4. The van der Waals surface area contributed by atoms with Gasteiger partial charge in [0.2, 0.25) is 0 Å². The molecule has 2 aliphatic heterocycles. The lowest BCUT2D eigenvalue weighted by Gasteiger charge is -2.36. The van der Waals surface area contributed by atoms with Crippen LogP contribution in [-0.4, -0.2) is 89.1 Å². The molecule has 3 aromatic rings. The fraction of sp³-hybridized carbons (Fsp3) is 0.586. The lowest BCUT2D eigenvalue weighted by molar-refractivity contribution is 0.122. The van der Waals surface area contributed by atoms with E-state index in [2.05, 4.69) is 74.6 Å².